The molecule has 0 saturated carbocycles. The van der Waals surface area contributed by atoms with Crippen LogP contribution in [0.2, 0.25) is 0 Å². The van der Waals surface area contributed by atoms with Crippen molar-refractivity contribution in [3.63, 3.8) is 0 Å². The highest BCUT2D eigenvalue weighted by Crippen LogP contribution is 2.23. The summed E-state index contributed by atoms with van der Waals surface area (Å²) in [4.78, 5) is 4.52. The fourth-order valence-corrected chi connectivity index (χ4v) is 2.65. The second kappa shape index (κ2) is 4.92. The zero-order valence-electron chi connectivity index (χ0n) is 10.9. The standard InChI is InChI=1S/C12H17N3O3S/c1-15-10-4-3-8(19(2,17)18)7-9(10)14-12(15)11(16)5-6-13/h3-4,7,11,16H,5-6,13H2,1-2H3. The van der Waals surface area contributed by atoms with Gasteiger partial charge in [-0.25, -0.2) is 13.4 Å². The van der Waals surface area contributed by atoms with Crippen LogP contribution in [-0.4, -0.2) is 35.9 Å². The Kier molecular flexibility index (Phi) is 3.62. The zero-order chi connectivity index (χ0) is 14.2. The fourth-order valence-electron chi connectivity index (χ4n) is 2.01. The highest BCUT2D eigenvalue weighted by atomic mass is 32.2. The zero-order valence-corrected chi connectivity index (χ0v) is 11.7. The number of hydrogen-bond acceptors (Lipinski definition) is 5. The Balaban J connectivity index is 2.57. The van der Waals surface area contributed by atoms with Crippen LogP contribution in [0.4, 0.5) is 0 Å². The molecule has 0 saturated heterocycles. The van der Waals surface area contributed by atoms with Gasteiger partial charge in [0.15, 0.2) is 9.84 Å². The average Bonchev–Trinajstić information content (AvgIpc) is 2.66. The van der Waals surface area contributed by atoms with Gasteiger partial charge >= 0.3 is 0 Å². The Hall–Kier alpha value is -1.44. The number of nitrogens with zero attached hydrogens (tertiary/aromatic N) is 2. The first-order valence-corrected chi connectivity index (χ1v) is 7.78. The minimum Gasteiger partial charge on any atom is -0.385 e. The van der Waals surface area contributed by atoms with Gasteiger partial charge in [0.05, 0.1) is 15.9 Å². The number of fused-ring (bicyclic) bond motifs is 1. The molecule has 2 aromatic rings. The smallest absolute Gasteiger partial charge is 0.175 e. The predicted molar refractivity (Wildman–Crippen MR) is 72.5 cm³/mol. The van der Waals surface area contributed by atoms with Crippen molar-refractivity contribution >= 4 is 20.9 Å². The van der Waals surface area contributed by atoms with E-state index in [4.69, 9.17) is 5.73 Å². The molecule has 19 heavy (non-hydrogen) atoms. The maximum absolute atomic E-state index is 11.5. The van der Waals surface area contributed by atoms with Crippen molar-refractivity contribution in [2.24, 2.45) is 12.8 Å². The van der Waals surface area contributed by atoms with Gasteiger partial charge in [-0.3, -0.25) is 0 Å². The summed E-state index contributed by atoms with van der Waals surface area (Å²) in [7, 11) is -1.48. The van der Waals surface area contributed by atoms with Crippen molar-refractivity contribution < 1.29 is 13.5 Å². The Morgan fingerprint density at radius 3 is 2.74 bits per heavy atom. The van der Waals surface area contributed by atoms with Crippen LogP contribution in [0.3, 0.4) is 0 Å². The van der Waals surface area contributed by atoms with Crippen molar-refractivity contribution in [2.45, 2.75) is 17.4 Å². The Labute approximate surface area is 111 Å². The van der Waals surface area contributed by atoms with E-state index in [1.54, 1.807) is 23.7 Å². The van der Waals surface area contributed by atoms with Gasteiger partial charge in [0.25, 0.3) is 0 Å². The number of benzene rings is 1. The molecule has 0 fully saturated rings. The molecule has 0 aliphatic heterocycles. The highest BCUT2D eigenvalue weighted by molar-refractivity contribution is 7.90. The maximum Gasteiger partial charge on any atom is 0.175 e. The fraction of sp³-hybridized carbons (Fsp3) is 0.417. The van der Waals surface area contributed by atoms with Gasteiger partial charge in [0.2, 0.25) is 0 Å². The molecular weight excluding hydrogens is 266 g/mol. The Bertz CT molecular complexity index is 706. The molecule has 0 radical (unpaired) electrons. The molecule has 0 spiro atoms. The van der Waals surface area contributed by atoms with E-state index >= 15 is 0 Å². The summed E-state index contributed by atoms with van der Waals surface area (Å²) < 4.78 is 24.8. The summed E-state index contributed by atoms with van der Waals surface area (Å²) >= 11 is 0. The van der Waals surface area contributed by atoms with E-state index in [-0.39, 0.29) is 4.90 Å². The first-order chi connectivity index (χ1) is 8.84. The molecule has 1 aromatic heterocycles. The molecule has 6 nitrogen and oxygen atoms in total. The molecule has 1 heterocycles. The summed E-state index contributed by atoms with van der Waals surface area (Å²) in [6, 6.07) is 4.75. The summed E-state index contributed by atoms with van der Waals surface area (Å²) in [5.41, 5.74) is 6.74. The van der Waals surface area contributed by atoms with Crippen LogP contribution in [0.25, 0.3) is 11.0 Å². The van der Waals surface area contributed by atoms with Crippen LogP contribution < -0.4 is 5.73 Å². The number of aryl methyl sites for hydroxylation is 1. The van der Waals surface area contributed by atoms with Crippen LogP contribution in [0.1, 0.15) is 18.3 Å². The lowest BCUT2D eigenvalue weighted by Gasteiger charge is -2.08. The van der Waals surface area contributed by atoms with Gasteiger partial charge in [-0.2, -0.15) is 0 Å². The largest absolute Gasteiger partial charge is 0.385 e. The monoisotopic (exact) mass is 283 g/mol. The average molecular weight is 283 g/mol. The Morgan fingerprint density at radius 2 is 2.16 bits per heavy atom. The first kappa shape index (κ1) is 14.0. The predicted octanol–water partition coefficient (Wildman–Crippen LogP) is 0.359. The van der Waals surface area contributed by atoms with Crippen molar-refractivity contribution in [1.29, 1.82) is 0 Å². The minimum atomic E-state index is -3.26. The van der Waals surface area contributed by atoms with Gasteiger partial charge in [-0.15, -0.1) is 0 Å². The SMILES string of the molecule is Cn1c(C(O)CCN)nc2cc(S(C)(=O)=O)ccc21. The van der Waals surface area contributed by atoms with Gasteiger partial charge in [0.1, 0.15) is 11.9 Å². The van der Waals surface area contributed by atoms with E-state index in [2.05, 4.69) is 4.98 Å². The summed E-state index contributed by atoms with van der Waals surface area (Å²) in [6.07, 6.45) is 0.821. The third-order valence-corrected chi connectivity index (χ3v) is 4.16. The number of nitrogens with two attached hydrogens (primary N) is 1. The number of aliphatic hydroxyl groups is 1. The topological polar surface area (TPSA) is 98.2 Å². The number of imidazole rings is 1. The molecule has 3 N–H and O–H groups in total. The number of rotatable bonds is 4. The van der Waals surface area contributed by atoms with Crippen molar-refractivity contribution in [1.82, 2.24) is 9.55 Å². The lowest BCUT2D eigenvalue weighted by atomic mass is 10.2. The second-order valence-corrected chi connectivity index (χ2v) is 6.56. The summed E-state index contributed by atoms with van der Waals surface area (Å²) in [5, 5.41) is 9.95. The van der Waals surface area contributed by atoms with E-state index in [0.29, 0.717) is 24.3 Å². The van der Waals surface area contributed by atoms with Crippen LogP contribution in [-0.2, 0) is 16.9 Å². The normalized spacial score (nSPS) is 13.9. The summed E-state index contributed by atoms with van der Waals surface area (Å²) in [5.74, 6) is 0.492. The number of hydrogen-bond donors (Lipinski definition) is 2. The molecule has 1 aromatic carbocycles. The van der Waals surface area contributed by atoms with Crippen molar-refractivity contribution in [2.75, 3.05) is 12.8 Å². The molecule has 104 valence electrons. The van der Waals surface area contributed by atoms with Gasteiger partial charge in [-0.05, 0) is 31.2 Å². The van der Waals surface area contributed by atoms with Crippen molar-refractivity contribution in [3.8, 4) is 0 Å². The van der Waals surface area contributed by atoms with Crippen LogP contribution in [0, 0.1) is 0 Å². The Morgan fingerprint density at radius 1 is 1.47 bits per heavy atom. The lowest BCUT2D eigenvalue weighted by Crippen LogP contribution is -2.10. The van der Waals surface area contributed by atoms with Crippen LogP contribution >= 0.6 is 0 Å². The van der Waals surface area contributed by atoms with E-state index in [9.17, 15) is 13.5 Å². The molecule has 0 amide bonds. The molecule has 2 rings (SSSR count). The highest BCUT2D eigenvalue weighted by Gasteiger charge is 2.17. The van der Waals surface area contributed by atoms with Crippen LogP contribution in [0.5, 0.6) is 0 Å². The second-order valence-electron chi connectivity index (χ2n) is 4.54. The van der Waals surface area contributed by atoms with Crippen LogP contribution in [0.15, 0.2) is 23.1 Å². The van der Waals surface area contributed by atoms with Gasteiger partial charge < -0.3 is 15.4 Å². The van der Waals surface area contributed by atoms with E-state index in [1.807, 2.05) is 0 Å². The van der Waals surface area contributed by atoms with Gasteiger partial charge in [0, 0.05) is 13.3 Å². The molecule has 1 atom stereocenters. The molecule has 1 unspecified atom stereocenters. The summed E-state index contributed by atoms with van der Waals surface area (Å²) in [6.45, 7) is 0.360. The van der Waals surface area contributed by atoms with E-state index < -0.39 is 15.9 Å². The lowest BCUT2D eigenvalue weighted by molar-refractivity contribution is 0.157. The number of sulfone groups is 1. The first-order valence-electron chi connectivity index (χ1n) is 5.89. The van der Waals surface area contributed by atoms with E-state index in [1.165, 1.54) is 6.07 Å². The number of aromatic nitrogens is 2. The third-order valence-electron chi connectivity index (χ3n) is 3.05. The molecular formula is C12H17N3O3S. The minimum absolute atomic E-state index is 0.220. The molecule has 7 heteroatoms. The van der Waals surface area contributed by atoms with Gasteiger partial charge in [-0.1, -0.05) is 0 Å². The molecule has 0 bridgehead atoms. The third kappa shape index (κ3) is 2.63. The van der Waals surface area contributed by atoms with Crippen molar-refractivity contribution in [3.05, 3.63) is 24.0 Å². The quantitative estimate of drug-likeness (QED) is 0.844. The van der Waals surface area contributed by atoms with E-state index in [0.717, 1.165) is 11.8 Å². The molecule has 0 aliphatic carbocycles. The number of aliphatic hydroxyl groups excluding tert-OH is 1. The molecule has 0 aliphatic rings. The maximum atomic E-state index is 11.5.